The molecule has 3 N–H and O–H groups in total. The molecule has 0 spiro atoms. The molecule has 0 fully saturated rings. The first-order valence-corrected chi connectivity index (χ1v) is 5.75. The molecule has 5 heteroatoms. The van der Waals surface area contributed by atoms with Gasteiger partial charge in [0.1, 0.15) is 0 Å². The van der Waals surface area contributed by atoms with Crippen molar-refractivity contribution >= 4 is 17.4 Å². The Morgan fingerprint density at radius 3 is 2.63 bits per heavy atom. The summed E-state index contributed by atoms with van der Waals surface area (Å²) in [6, 6.07) is 10.0. The maximum absolute atomic E-state index is 11.9. The molecule has 0 aliphatic rings. The van der Waals surface area contributed by atoms with E-state index >= 15 is 0 Å². The molecule has 0 saturated carbocycles. The van der Waals surface area contributed by atoms with Crippen molar-refractivity contribution in [3.8, 4) is 0 Å². The van der Waals surface area contributed by atoms with Crippen LogP contribution in [0.25, 0.3) is 0 Å². The lowest BCUT2D eigenvalue weighted by Crippen LogP contribution is -2.15. The molecule has 2 aromatic rings. The number of nitrogens with two attached hydrogens (primary N) is 1. The number of rotatable bonds is 4. The number of Topliss-reactive ketones (excluding diaryl/α,β-unsaturated/α-hetero) is 1. The summed E-state index contributed by atoms with van der Waals surface area (Å²) in [5, 5.41) is 2.71. The number of nitrogens with zero attached hydrogens (tertiary/aromatic N) is 1. The van der Waals surface area contributed by atoms with Gasteiger partial charge in [-0.3, -0.25) is 14.6 Å². The molecule has 0 aliphatic heterocycles. The first kappa shape index (κ1) is 12.9. The molecule has 0 aliphatic carbocycles. The van der Waals surface area contributed by atoms with Crippen molar-refractivity contribution in [1.82, 2.24) is 4.98 Å². The molecule has 0 unspecified atom stereocenters. The lowest BCUT2D eigenvalue weighted by Gasteiger charge is -2.06. The Balaban J connectivity index is 2.16. The van der Waals surface area contributed by atoms with Gasteiger partial charge in [0, 0.05) is 23.6 Å². The zero-order chi connectivity index (χ0) is 13.7. The van der Waals surface area contributed by atoms with Crippen LogP contribution in [0.4, 0.5) is 5.69 Å². The van der Waals surface area contributed by atoms with Crippen LogP contribution < -0.4 is 11.1 Å². The van der Waals surface area contributed by atoms with Gasteiger partial charge in [-0.2, -0.15) is 0 Å². The second-order valence-corrected chi connectivity index (χ2v) is 3.90. The fourth-order valence-corrected chi connectivity index (χ4v) is 1.59. The van der Waals surface area contributed by atoms with Crippen LogP contribution >= 0.6 is 0 Å². The number of hydrogen-bond acceptors (Lipinski definition) is 4. The van der Waals surface area contributed by atoms with Gasteiger partial charge in [-0.1, -0.05) is 12.1 Å². The lowest BCUT2D eigenvalue weighted by atomic mass is 10.1. The van der Waals surface area contributed by atoms with Gasteiger partial charge in [0.2, 0.25) is 0 Å². The van der Waals surface area contributed by atoms with E-state index in [0.717, 1.165) is 0 Å². The van der Waals surface area contributed by atoms with Crippen LogP contribution in [-0.2, 0) is 0 Å². The fourth-order valence-electron chi connectivity index (χ4n) is 1.59. The zero-order valence-corrected chi connectivity index (χ0v) is 10.2. The van der Waals surface area contributed by atoms with Gasteiger partial charge in [-0.15, -0.1) is 0 Å². The Labute approximate surface area is 110 Å². The van der Waals surface area contributed by atoms with Crippen LogP contribution in [-0.4, -0.2) is 23.2 Å². The molecule has 1 aromatic heterocycles. The van der Waals surface area contributed by atoms with E-state index in [4.69, 9.17) is 5.73 Å². The van der Waals surface area contributed by atoms with E-state index in [-0.39, 0.29) is 18.2 Å². The van der Waals surface area contributed by atoms with Crippen LogP contribution in [0.1, 0.15) is 20.7 Å². The molecule has 5 nitrogen and oxygen atoms in total. The van der Waals surface area contributed by atoms with Gasteiger partial charge in [0.25, 0.3) is 5.91 Å². The van der Waals surface area contributed by atoms with E-state index in [9.17, 15) is 9.59 Å². The number of ketones is 1. The predicted octanol–water partition coefficient (Wildman–Crippen LogP) is 1.48. The minimum Gasteiger partial charge on any atom is -0.324 e. The van der Waals surface area contributed by atoms with E-state index in [1.54, 1.807) is 42.6 Å². The monoisotopic (exact) mass is 255 g/mol. The third-order valence-corrected chi connectivity index (χ3v) is 2.55. The van der Waals surface area contributed by atoms with Crippen LogP contribution in [0.2, 0.25) is 0 Å². The third kappa shape index (κ3) is 3.23. The summed E-state index contributed by atoms with van der Waals surface area (Å²) in [7, 11) is 0. The summed E-state index contributed by atoms with van der Waals surface area (Å²) in [6.07, 6.45) is 3.07. The Morgan fingerprint density at radius 2 is 1.95 bits per heavy atom. The molecule has 1 amide bonds. The average molecular weight is 255 g/mol. The van der Waals surface area contributed by atoms with Crippen molar-refractivity contribution in [2.24, 2.45) is 5.73 Å². The summed E-state index contributed by atoms with van der Waals surface area (Å²) in [4.78, 5) is 27.3. The van der Waals surface area contributed by atoms with Crippen molar-refractivity contribution in [1.29, 1.82) is 0 Å². The van der Waals surface area contributed by atoms with Gasteiger partial charge >= 0.3 is 0 Å². The Morgan fingerprint density at radius 1 is 1.16 bits per heavy atom. The average Bonchev–Trinajstić information content (AvgIpc) is 2.47. The zero-order valence-electron chi connectivity index (χ0n) is 10.2. The van der Waals surface area contributed by atoms with Crippen LogP contribution in [0.3, 0.4) is 0 Å². The largest absolute Gasteiger partial charge is 0.324 e. The van der Waals surface area contributed by atoms with Crippen molar-refractivity contribution in [2.45, 2.75) is 0 Å². The standard InChI is InChI=1S/C14H13N3O2/c15-8-13(18)10-3-1-5-12(7-10)17-14(19)11-4-2-6-16-9-11/h1-7,9H,8,15H2,(H,17,19). The molecule has 0 atom stereocenters. The lowest BCUT2D eigenvalue weighted by molar-refractivity contribution is 0.0997. The highest BCUT2D eigenvalue weighted by molar-refractivity contribution is 6.05. The number of carbonyl (C=O) groups is 2. The van der Waals surface area contributed by atoms with E-state index in [1.165, 1.54) is 6.20 Å². The number of amides is 1. The highest BCUT2D eigenvalue weighted by atomic mass is 16.1. The number of hydrogen-bond donors (Lipinski definition) is 2. The summed E-state index contributed by atoms with van der Waals surface area (Å²) >= 11 is 0. The molecule has 0 saturated heterocycles. The fraction of sp³-hybridized carbons (Fsp3) is 0.0714. The number of carbonyl (C=O) groups excluding carboxylic acids is 2. The predicted molar refractivity (Wildman–Crippen MR) is 72.0 cm³/mol. The van der Waals surface area contributed by atoms with Crippen molar-refractivity contribution in [2.75, 3.05) is 11.9 Å². The summed E-state index contributed by atoms with van der Waals surface area (Å²) in [5.41, 5.74) is 6.79. The van der Waals surface area contributed by atoms with Crippen LogP contribution in [0.5, 0.6) is 0 Å². The first-order valence-electron chi connectivity index (χ1n) is 5.75. The number of anilines is 1. The second-order valence-electron chi connectivity index (χ2n) is 3.90. The second kappa shape index (κ2) is 5.88. The Kier molecular flexibility index (Phi) is 4.00. The Bertz CT molecular complexity index is 597. The van der Waals surface area contributed by atoms with Gasteiger partial charge in [0.05, 0.1) is 12.1 Å². The molecule has 1 aromatic carbocycles. The van der Waals surface area contributed by atoms with E-state index in [2.05, 4.69) is 10.3 Å². The SMILES string of the molecule is NCC(=O)c1cccc(NC(=O)c2cccnc2)c1. The molecule has 0 bridgehead atoms. The maximum Gasteiger partial charge on any atom is 0.257 e. The normalized spacial score (nSPS) is 9.95. The van der Waals surface area contributed by atoms with Crippen LogP contribution in [0.15, 0.2) is 48.8 Å². The molecule has 96 valence electrons. The minimum absolute atomic E-state index is 0.0556. The first-order chi connectivity index (χ1) is 9.20. The molecule has 1 heterocycles. The van der Waals surface area contributed by atoms with Crippen LogP contribution in [0, 0.1) is 0 Å². The number of pyridine rings is 1. The van der Waals surface area contributed by atoms with Crippen molar-refractivity contribution < 1.29 is 9.59 Å². The molecule has 19 heavy (non-hydrogen) atoms. The number of nitrogens with one attached hydrogen (secondary N) is 1. The van der Waals surface area contributed by atoms with Gasteiger partial charge in [-0.25, -0.2) is 0 Å². The number of benzene rings is 1. The van der Waals surface area contributed by atoms with E-state index < -0.39 is 0 Å². The quantitative estimate of drug-likeness (QED) is 0.810. The highest BCUT2D eigenvalue weighted by Crippen LogP contribution is 2.12. The number of aromatic nitrogens is 1. The van der Waals surface area contributed by atoms with E-state index in [0.29, 0.717) is 16.8 Å². The molecule has 2 rings (SSSR count). The summed E-state index contributed by atoms with van der Waals surface area (Å²) in [6.45, 7) is -0.0556. The van der Waals surface area contributed by atoms with Gasteiger partial charge in [0.15, 0.2) is 5.78 Å². The summed E-state index contributed by atoms with van der Waals surface area (Å²) in [5.74, 6) is -0.442. The topological polar surface area (TPSA) is 85.1 Å². The highest BCUT2D eigenvalue weighted by Gasteiger charge is 2.08. The van der Waals surface area contributed by atoms with Crippen molar-refractivity contribution in [3.63, 3.8) is 0 Å². The summed E-state index contributed by atoms with van der Waals surface area (Å²) < 4.78 is 0. The van der Waals surface area contributed by atoms with E-state index in [1.807, 2.05) is 0 Å². The third-order valence-electron chi connectivity index (χ3n) is 2.55. The van der Waals surface area contributed by atoms with Crippen molar-refractivity contribution in [3.05, 3.63) is 59.9 Å². The Hall–Kier alpha value is -2.53. The maximum atomic E-state index is 11.9. The minimum atomic E-state index is -0.273. The smallest absolute Gasteiger partial charge is 0.257 e. The van der Waals surface area contributed by atoms with Gasteiger partial charge in [-0.05, 0) is 24.3 Å². The molecular weight excluding hydrogens is 242 g/mol. The van der Waals surface area contributed by atoms with Gasteiger partial charge < -0.3 is 11.1 Å². The molecular formula is C14H13N3O2. The molecule has 0 radical (unpaired) electrons.